The molecule has 11 heteroatoms. The van der Waals surface area contributed by atoms with Crippen LogP contribution in [0.1, 0.15) is 11.1 Å². The van der Waals surface area contributed by atoms with Gasteiger partial charge in [0, 0.05) is 6.07 Å². The number of nitrogens with zero attached hydrogens (tertiary/aromatic N) is 5. The summed E-state index contributed by atoms with van der Waals surface area (Å²) in [4.78, 5) is 23.2. The number of ether oxygens (including phenoxy) is 1. The number of tetrazole rings is 1. The molecule has 3 aromatic rings. The first-order valence-electron chi connectivity index (χ1n) is 8.50. The summed E-state index contributed by atoms with van der Waals surface area (Å²) < 4.78 is 6.79. The van der Waals surface area contributed by atoms with Crippen LogP contribution in [0.5, 0.6) is 5.75 Å². The predicted octanol–water partition coefficient (Wildman–Crippen LogP) is 2.93. The number of carbonyl (C=O) groups excluding carboxylic acids is 1. The van der Waals surface area contributed by atoms with Crippen molar-refractivity contribution in [1.29, 1.82) is 0 Å². The Hall–Kier alpha value is -3.47. The normalized spacial score (nSPS) is 10.6. The van der Waals surface area contributed by atoms with E-state index in [0.29, 0.717) is 22.2 Å². The number of nitro groups is 1. The molecule has 10 nitrogen and oxygen atoms in total. The molecule has 150 valence electrons. The van der Waals surface area contributed by atoms with Gasteiger partial charge in [-0.2, -0.15) is 4.68 Å². The molecule has 0 bridgehead atoms. The van der Waals surface area contributed by atoms with E-state index in [-0.39, 0.29) is 17.1 Å². The number of carbonyl (C=O) groups is 1. The molecule has 29 heavy (non-hydrogen) atoms. The fraction of sp³-hybridized carbons (Fsp3) is 0.222. The van der Waals surface area contributed by atoms with Crippen LogP contribution in [0.25, 0.3) is 5.69 Å². The molecule has 0 aliphatic heterocycles. The largest absolute Gasteiger partial charge is 0.494 e. The van der Waals surface area contributed by atoms with Gasteiger partial charge >= 0.3 is 0 Å². The van der Waals surface area contributed by atoms with Crippen molar-refractivity contribution < 1.29 is 14.5 Å². The van der Waals surface area contributed by atoms with E-state index in [4.69, 9.17) is 4.74 Å². The van der Waals surface area contributed by atoms with E-state index in [1.54, 1.807) is 39.2 Å². The number of nitrogens with one attached hydrogen (secondary N) is 1. The molecule has 0 saturated heterocycles. The highest BCUT2D eigenvalue weighted by Crippen LogP contribution is 2.30. The van der Waals surface area contributed by atoms with Gasteiger partial charge in [0.05, 0.1) is 17.8 Å². The number of methoxy groups -OCH3 is 1. The number of rotatable bonds is 7. The Morgan fingerprint density at radius 3 is 2.79 bits per heavy atom. The number of anilines is 1. The molecule has 1 heterocycles. The van der Waals surface area contributed by atoms with Crippen LogP contribution in [0.3, 0.4) is 0 Å². The maximum atomic E-state index is 12.4. The Bertz CT molecular complexity index is 1070. The van der Waals surface area contributed by atoms with Crippen LogP contribution in [0.2, 0.25) is 0 Å². The molecule has 1 amide bonds. The minimum atomic E-state index is -0.509. The third-order valence-corrected chi connectivity index (χ3v) is 4.93. The van der Waals surface area contributed by atoms with Gasteiger partial charge in [0.2, 0.25) is 11.1 Å². The lowest BCUT2D eigenvalue weighted by Gasteiger charge is -2.11. The van der Waals surface area contributed by atoms with Crippen molar-refractivity contribution in [1.82, 2.24) is 20.2 Å². The Morgan fingerprint density at radius 1 is 1.31 bits per heavy atom. The number of thioether (sulfide) groups is 1. The monoisotopic (exact) mass is 414 g/mol. The number of amides is 1. The fourth-order valence-corrected chi connectivity index (χ4v) is 3.47. The second-order valence-electron chi connectivity index (χ2n) is 6.12. The molecule has 0 aliphatic rings. The number of aromatic nitrogens is 4. The highest BCUT2D eigenvalue weighted by molar-refractivity contribution is 7.99. The summed E-state index contributed by atoms with van der Waals surface area (Å²) in [6, 6.07) is 10.4. The third kappa shape index (κ3) is 4.51. The van der Waals surface area contributed by atoms with E-state index >= 15 is 0 Å². The minimum absolute atomic E-state index is 0.0278. The molecular formula is C18H18N6O4S. The van der Waals surface area contributed by atoms with Gasteiger partial charge in [-0.3, -0.25) is 14.9 Å². The van der Waals surface area contributed by atoms with Crippen LogP contribution >= 0.6 is 11.8 Å². The van der Waals surface area contributed by atoms with E-state index in [2.05, 4.69) is 20.8 Å². The van der Waals surface area contributed by atoms with Crippen molar-refractivity contribution in [3.63, 3.8) is 0 Å². The van der Waals surface area contributed by atoms with Crippen LogP contribution < -0.4 is 10.1 Å². The summed E-state index contributed by atoms with van der Waals surface area (Å²) in [5.41, 5.74) is 2.05. The highest BCUT2D eigenvalue weighted by atomic mass is 32.2. The van der Waals surface area contributed by atoms with Gasteiger partial charge in [-0.1, -0.05) is 30.0 Å². The Kier molecular flexibility index (Phi) is 6.07. The summed E-state index contributed by atoms with van der Waals surface area (Å²) in [6.07, 6.45) is 0. The van der Waals surface area contributed by atoms with Crippen molar-refractivity contribution in [2.75, 3.05) is 18.2 Å². The van der Waals surface area contributed by atoms with Gasteiger partial charge in [-0.05, 0) is 47.5 Å². The van der Waals surface area contributed by atoms with Crippen LogP contribution in [0, 0.1) is 24.0 Å². The average molecular weight is 414 g/mol. The van der Waals surface area contributed by atoms with Gasteiger partial charge in [0.15, 0.2) is 0 Å². The molecule has 0 unspecified atom stereocenters. The van der Waals surface area contributed by atoms with Gasteiger partial charge < -0.3 is 10.1 Å². The average Bonchev–Trinajstić information content (AvgIpc) is 3.16. The van der Waals surface area contributed by atoms with E-state index in [1.165, 1.54) is 10.7 Å². The van der Waals surface area contributed by atoms with Gasteiger partial charge in [0.1, 0.15) is 17.1 Å². The first kappa shape index (κ1) is 20.3. The third-order valence-electron chi connectivity index (χ3n) is 4.01. The SMILES string of the molecule is COc1ccccc1-n1nnnc1SCC(=O)Nc1c(C)cc(C)cc1[N+](=O)[O-]. The van der Waals surface area contributed by atoms with E-state index in [1.807, 2.05) is 12.1 Å². The molecule has 2 aromatic carbocycles. The van der Waals surface area contributed by atoms with Gasteiger partial charge in [-0.25, -0.2) is 0 Å². The maximum Gasteiger partial charge on any atom is 0.293 e. The van der Waals surface area contributed by atoms with Crippen molar-refractivity contribution >= 4 is 29.0 Å². The van der Waals surface area contributed by atoms with Crippen LogP contribution in [0.15, 0.2) is 41.6 Å². The molecule has 0 atom stereocenters. The molecule has 3 rings (SSSR count). The number of nitro benzene ring substituents is 1. The zero-order valence-corrected chi connectivity index (χ0v) is 16.8. The first-order valence-corrected chi connectivity index (χ1v) is 9.49. The fourth-order valence-electron chi connectivity index (χ4n) is 2.78. The number of benzene rings is 2. The molecule has 0 saturated carbocycles. The van der Waals surface area contributed by atoms with Crippen LogP contribution in [0.4, 0.5) is 11.4 Å². The number of hydrogen-bond acceptors (Lipinski definition) is 8. The maximum absolute atomic E-state index is 12.4. The predicted molar refractivity (Wildman–Crippen MR) is 108 cm³/mol. The van der Waals surface area contributed by atoms with Crippen molar-refractivity contribution in [2.24, 2.45) is 0 Å². The molecule has 1 aromatic heterocycles. The lowest BCUT2D eigenvalue weighted by Crippen LogP contribution is -2.16. The number of aryl methyl sites for hydroxylation is 2. The lowest BCUT2D eigenvalue weighted by atomic mass is 10.1. The summed E-state index contributed by atoms with van der Waals surface area (Å²) >= 11 is 1.11. The number of hydrogen-bond donors (Lipinski definition) is 1. The standard InChI is InChI=1S/C18H18N6O4S/c1-11-8-12(2)17(14(9-11)24(26)27)19-16(25)10-29-18-20-21-22-23(18)13-6-4-5-7-15(13)28-3/h4-9H,10H2,1-3H3,(H,19,25). The molecular weight excluding hydrogens is 396 g/mol. The van der Waals surface area contributed by atoms with Crippen LogP contribution in [-0.2, 0) is 4.79 Å². The number of para-hydroxylation sites is 2. The summed E-state index contributed by atoms with van der Waals surface area (Å²) in [5.74, 6) is 0.150. The molecule has 0 spiro atoms. The first-order chi connectivity index (χ1) is 13.9. The second kappa shape index (κ2) is 8.69. The summed E-state index contributed by atoms with van der Waals surface area (Å²) in [7, 11) is 1.54. The smallest absolute Gasteiger partial charge is 0.293 e. The quantitative estimate of drug-likeness (QED) is 0.355. The Balaban J connectivity index is 1.75. The summed E-state index contributed by atoms with van der Waals surface area (Å²) in [5, 5.41) is 25.9. The highest BCUT2D eigenvalue weighted by Gasteiger charge is 2.20. The zero-order chi connectivity index (χ0) is 21.0. The topological polar surface area (TPSA) is 125 Å². The molecule has 1 N–H and O–H groups in total. The van der Waals surface area contributed by atoms with E-state index in [0.717, 1.165) is 17.3 Å². The second-order valence-corrected chi connectivity index (χ2v) is 7.06. The van der Waals surface area contributed by atoms with E-state index < -0.39 is 10.8 Å². The molecule has 0 fully saturated rings. The summed E-state index contributed by atoms with van der Waals surface area (Å²) in [6.45, 7) is 3.48. The lowest BCUT2D eigenvalue weighted by molar-refractivity contribution is -0.384. The van der Waals surface area contributed by atoms with E-state index in [9.17, 15) is 14.9 Å². The van der Waals surface area contributed by atoms with Crippen molar-refractivity contribution in [2.45, 2.75) is 19.0 Å². The van der Waals surface area contributed by atoms with Gasteiger partial charge in [-0.15, -0.1) is 5.10 Å². The minimum Gasteiger partial charge on any atom is -0.494 e. The van der Waals surface area contributed by atoms with Crippen molar-refractivity contribution in [3.8, 4) is 11.4 Å². The van der Waals surface area contributed by atoms with Gasteiger partial charge in [0.25, 0.3) is 5.69 Å². The Morgan fingerprint density at radius 2 is 2.07 bits per heavy atom. The zero-order valence-electron chi connectivity index (χ0n) is 15.9. The Labute approximate surface area is 170 Å². The molecule has 0 aliphatic carbocycles. The van der Waals surface area contributed by atoms with Crippen LogP contribution in [-0.4, -0.2) is 43.9 Å². The van der Waals surface area contributed by atoms with Crippen molar-refractivity contribution in [3.05, 3.63) is 57.6 Å². The molecule has 0 radical (unpaired) electrons.